The average Bonchev–Trinajstić information content (AvgIpc) is 3.46. The highest BCUT2D eigenvalue weighted by Crippen LogP contribution is 2.30. The number of hydrogen-bond acceptors (Lipinski definition) is 4. The van der Waals surface area contributed by atoms with Gasteiger partial charge in [-0.15, -0.1) is 11.3 Å². The van der Waals surface area contributed by atoms with Gasteiger partial charge in [0.2, 0.25) is 5.91 Å². The molecule has 8 heteroatoms. The average molecular weight is 413 g/mol. The van der Waals surface area contributed by atoms with Gasteiger partial charge in [-0.05, 0) is 48.7 Å². The maximum absolute atomic E-state index is 13.8. The van der Waals surface area contributed by atoms with Crippen molar-refractivity contribution < 1.29 is 18.4 Å². The standard InChI is InChI=1S/C21H17F2N3O2S/c22-15-6-3-14(18(23)10-15)9-17-11-24-21(29-17)26-20(28)13-4-7-16(8-5-13)25-19(27)12-1-2-12/h3-8,10-12H,1-2,9H2,(H,25,27)(H,24,26,28). The van der Waals surface area contributed by atoms with Crippen LogP contribution in [0.25, 0.3) is 0 Å². The Balaban J connectivity index is 1.36. The van der Waals surface area contributed by atoms with Crippen LogP contribution in [0.5, 0.6) is 0 Å². The molecule has 0 bridgehead atoms. The summed E-state index contributed by atoms with van der Waals surface area (Å²) in [6.07, 6.45) is 3.67. The van der Waals surface area contributed by atoms with E-state index in [1.165, 1.54) is 23.5 Å². The van der Waals surface area contributed by atoms with Crippen LogP contribution >= 0.6 is 11.3 Å². The maximum Gasteiger partial charge on any atom is 0.257 e. The van der Waals surface area contributed by atoms with Crippen LogP contribution < -0.4 is 10.6 Å². The van der Waals surface area contributed by atoms with Crippen molar-refractivity contribution in [1.82, 2.24) is 4.98 Å². The first-order valence-electron chi connectivity index (χ1n) is 9.09. The summed E-state index contributed by atoms with van der Waals surface area (Å²) in [6, 6.07) is 10.1. The number of carbonyl (C=O) groups is 2. The van der Waals surface area contributed by atoms with Crippen molar-refractivity contribution in [3.63, 3.8) is 0 Å². The number of amides is 2. The van der Waals surface area contributed by atoms with E-state index < -0.39 is 11.6 Å². The number of aromatic nitrogens is 1. The first kappa shape index (κ1) is 19.2. The zero-order valence-electron chi connectivity index (χ0n) is 15.2. The molecule has 0 unspecified atom stereocenters. The van der Waals surface area contributed by atoms with E-state index in [4.69, 9.17) is 0 Å². The minimum atomic E-state index is -0.623. The minimum absolute atomic E-state index is 0.00936. The summed E-state index contributed by atoms with van der Waals surface area (Å²) >= 11 is 1.22. The summed E-state index contributed by atoms with van der Waals surface area (Å²) in [4.78, 5) is 29.0. The van der Waals surface area contributed by atoms with E-state index in [9.17, 15) is 18.4 Å². The number of thiazole rings is 1. The number of anilines is 2. The fourth-order valence-corrected chi connectivity index (χ4v) is 3.59. The van der Waals surface area contributed by atoms with Crippen molar-refractivity contribution >= 4 is 34.0 Å². The van der Waals surface area contributed by atoms with Crippen molar-refractivity contribution in [3.8, 4) is 0 Å². The lowest BCUT2D eigenvalue weighted by atomic mass is 10.1. The largest absolute Gasteiger partial charge is 0.326 e. The fraction of sp³-hybridized carbons (Fsp3) is 0.190. The van der Waals surface area contributed by atoms with Crippen LogP contribution in [0.2, 0.25) is 0 Å². The van der Waals surface area contributed by atoms with Crippen molar-refractivity contribution in [2.24, 2.45) is 5.92 Å². The monoisotopic (exact) mass is 413 g/mol. The molecule has 148 valence electrons. The molecule has 1 aromatic heterocycles. The molecule has 2 amide bonds. The van der Waals surface area contributed by atoms with Gasteiger partial charge in [0, 0.05) is 40.7 Å². The highest BCUT2D eigenvalue weighted by atomic mass is 32.1. The number of hydrogen-bond donors (Lipinski definition) is 2. The molecule has 5 nitrogen and oxygen atoms in total. The van der Waals surface area contributed by atoms with E-state index in [1.54, 1.807) is 30.5 Å². The van der Waals surface area contributed by atoms with Gasteiger partial charge in [0.25, 0.3) is 5.91 Å². The lowest BCUT2D eigenvalue weighted by Gasteiger charge is -2.06. The topological polar surface area (TPSA) is 71.1 Å². The van der Waals surface area contributed by atoms with Gasteiger partial charge < -0.3 is 5.32 Å². The molecule has 1 aliphatic rings. The van der Waals surface area contributed by atoms with E-state index in [1.807, 2.05) is 0 Å². The second-order valence-electron chi connectivity index (χ2n) is 6.84. The third-order valence-corrected chi connectivity index (χ3v) is 5.43. The Kier molecular flexibility index (Phi) is 5.35. The molecule has 2 aromatic carbocycles. The molecule has 0 aliphatic heterocycles. The van der Waals surface area contributed by atoms with Crippen LogP contribution in [0.15, 0.2) is 48.7 Å². The van der Waals surface area contributed by atoms with Crippen LogP contribution in [0.3, 0.4) is 0 Å². The third-order valence-electron chi connectivity index (χ3n) is 4.52. The molecule has 29 heavy (non-hydrogen) atoms. The molecule has 3 aromatic rings. The predicted molar refractivity (Wildman–Crippen MR) is 107 cm³/mol. The van der Waals surface area contributed by atoms with Crippen LogP contribution in [0.1, 0.15) is 33.6 Å². The molecule has 0 atom stereocenters. The van der Waals surface area contributed by atoms with Crippen LogP contribution in [0, 0.1) is 17.6 Å². The lowest BCUT2D eigenvalue weighted by molar-refractivity contribution is -0.117. The van der Waals surface area contributed by atoms with E-state index in [2.05, 4.69) is 15.6 Å². The quantitative estimate of drug-likeness (QED) is 0.620. The minimum Gasteiger partial charge on any atom is -0.326 e. The lowest BCUT2D eigenvalue weighted by Crippen LogP contribution is -2.14. The number of benzene rings is 2. The Hall–Kier alpha value is -3.13. The van der Waals surface area contributed by atoms with E-state index >= 15 is 0 Å². The van der Waals surface area contributed by atoms with Gasteiger partial charge in [0.15, 0.2) is 5.13 Å². The van der Waals surface area contributed by atoms with Crippen molar-refractivity contribution in [1.29, 1.82) is 0 Å². The highest BCUT2D eigenvalue weighted by molar-refractivity contribution is 7.15. The summed E-state index contributed by atoms with van der Waals surface area (Å²) in [5.41, 5.74) is 1.43. The van der Waals surface area contributed by atoms with Gasteiger partial charge in [-0.1, -0.05) is 6.07 Å². The number of carbonyl (C=O) groups excluding carboxylic acids is 2. The van der Waals surface area contributed by atoms with Crippen molar-refractivity contribution in [2.75, 3.05) is 10.6 Å². The number of nitrogens with zero attached hydrogens (tertiary/aromatic N) is 1. The van der Waals surface area contributed by atoms with Gasteiger partial charge >= 0.3 is 0 Å². The zero-order chi connectivity index (χ0) is 20.4. The van der Waals surface area contributed by atoms with Crippen LogP contribution in [-0.4, -0.2) is 16.8 Å². The molecular formula is C21H17F2N3O2S. The van der Waals surface area contributed by atoms with Crippen LogP contribution in [-0.2, 0) is 11.2 Å². The molecule has 2 N–H and O–H groups in total. The summed E-state index contributed by atoms with van der Waals surface area (Å²) < 4.78 is 26.8. The summed E-state index contributed by atoms with van der Waals surface area (Å²) in [5, 5.41) is 5.91. The highest BCUT2D eigenvalue weighted by Gasteiger charge is 2.29. The SMILES string of the molecule is O=C(Nc1ncc(Cc2ccc(F)cc2F)s1)c1ccc(NC(=O)C2CC2)cc1. The molecule has 0 radical (unpaired) electrons. The van der Waals surface area contributed by atoms with E-state index in [-0.39, 0.29) is 24.2 Å². The molecule has 0 saturated heterocycles. The van der Waals surface area contributed by atoms with E-state index in [0.29, 0.717) is 21.9 Å². The summed E-state index contributed by atoms with van der Waals surface area (Å²) in [5.74, 6) is -1.45. The van der Waals surface area contributed by atoms with E-state index in [0.717, 1.165) is 23.8 Å². The summed E-state index contributed by atoms with van der Waals surface area (Å²) in [6.45, 7) is 0. The normalized spacial score (nSPS) is 13.2. The number of nitrogens with one attached hydrogen (secondary N) is 2. The molecule has 0 spiro atoms. The van der Waals surface area contributed by atoms with Gasteiger partial charge in [-0.25, -0.2) is 13.8 Å². The number of halogens is 2. The van der Waals surface area contributed by atoms with Gasteiger partial charge in [-0.2, -0.15) is 0 Å². The Morgan fingerprint density at radius 1 is 1.07 bits per heavy atom. The van der Waals surface area contributed by atoms with Crippen molar-refractivity contribution in [2.45, 2.75) is 19.3 Å². The molecular weight excluding hydrogens is 396 g/mol. The molecule has 1 fully saturated rings. The van der Waals surface area contributed by atoms with Crippen LogP contribution in [0.4, 0.5) is 19.6 Å². The maximum atomic E-state index is 13.8. The first-order chi connectivity index (χ1) is 14.0. The first-order valence-corrected chi connectivity index (χ1v) is 9.90. The number of rotatable bonds is 6. The smallest absolute Gasteiger partial charge is 0.257 e. The Bertz CT molecular complexity index is 1060. The van der Waals surface area contributed by atoms with Gasteiger partial charge in [-0.3, -0.25) is 14.9 Å². The second kappa shape index (κ2) is 8.08. The van der Waals surface area contributed by atoms with Gasteiger partial charge in [0.1, 0.15) is 11.6 Å². The molecule has 1 aliphatic carbocycles. The molecule has 1 saturated carbocycles. The van der Waals surface area contributed by atoms with Crippen molar-refractivity contribution in [3.05, 3.63) is 76.3 Å². The molecule has 4 rings (SSSR count). The summed E-state index contributed by atoms with van der Waals surface area (Å²) in [7, 11) is 0. The Morgan fingerprint density at radius 2 is 1.83 bits per heavy atom. The van der Waals surface area contributed by atoms with Gasteiger partial charge in [0.05, 0.1) is 0 Å². The Labute approximate surface area is 169 Å². The zero-order valence-corrected chi connectivity index (χ0v) is 16.1. The molecule has 1 heterocycles. The predicted octanol–water partition coefficient (Wildman–Crippen LogP) is 4.61. The second-order valence-corrected chi connectivity index (χ2v) is 7.95. The Morgan fingerprint density at radius 3 is 2.52 bits per heavy atom. The fourth-order valence-electron chi connectivity index (χ4n) is 2.76. The third kappa shape index (κ3) is 4.83.